The number of hydrogen-bond acceptors (Lipinski definition) is 2. The summed E-state index contributed by atoms with van der Waals surface area (Å²) in [6, 6.07) is 4.01. The Balaban J connectivity index is 3.22. The van der Waals surface area contributed by atoms with Crippen molar-refractivity contribution in [2.45, 2.75) is 32.7 Å². The molecule has 1 aromatic rings. The summed E-state index contributed by atoms with van der Waals surface area (Å²) >= 11 is 0. The molecule has 108 valence electrons. The molecule has 0 aliphatic carbocycles. The number of carbonyl (C=O) groups excluding carboxylic acids is 1. The second-order valence-electron chi connectivity index (χ2n) is 5.23. The highest BCUT2D eigenvalue weighted by molar-refractivity contribution is 5.97. The molecule has 0 spiro atoms. The Hall–Kier alpha value is -1.86. The van der Waals surface area contributed by atoms with Crippen molar-refractivity contribution >= 4 is 5.91 Å². The van der Waals surface area contributed by atoms with Gasteiger partial charge in [0.1, 0.15) is 5.82 Å². The molecular weight excluding hydrogens is 255 g/mol. The van der Waals surface area contributed by atoms with E-state index in [2.05, 4.69) is 11.8 Å². The Kier molecular flexibility index (Phi) is 5.29. The summed E-state index contributed by atoms with van der Waals surface area (Å²) in [7, 11) is 1.75. The van der Waals surface area contributed by atoms with Gasteiger partial charge in [-0.25, -0.2) is 4.39 Å². The third-order valence-electron chi connectivity index (χ3n) is 3.61. The average molecular weight is 276 g/mol. The van der Waals surface area contributed by atoms with Crippen molar-refractivity contribution < 1.29 is 9.18 Å². The van der Waals surface area contributed by atoms with Gasteiger partial charge >= 0.3 is 0 Å². The maximum Gasteiger partial charge on any atom is 0.255 e. The SMILES string of the molecule is CCC(C)(C)N(C)C(=O)c1ccc(F)cc1C#CCN. The van der Waals surface area contributed by atoms with Gasteiger partial charge in [-0.15, -0.1) is 0 Å². The fourth-order valence-corrected chi connectivity index (χ4v) is 1.65. The van der Waals surface area contributed by atoms with Crippen molar-refractivity contribution in [3.63, 3.8) is 0 Å². The Bertz CT molecular complexity index is 555. The monoisotopic (exact) mass is 276 g/mol. The van der Waals surface area contributed by atoms with Gasteiger partial charge in [-0.2, -0.15) is 0 Å². The lowest BCUT2D eigenvalue weighted by Gasteiger charge is -2.35. The maximum absolute atomic E-state index is 13.3. The molecule has 1 amide bonds. The van der Waals surface area contributed by atoms with Gasteiger partial charge in [-0.05, 0) is 38.5 Å². The molecule has 20 heavy (non-hydrogen) atoms. The number of carbonyl (C=O) groups is 1. The van der Waals surface area contributed by atoms with Crippen molar-refractivity contribution in [2.75, 3.05) is 13.6 Å². The van der Waals surface area contributed by atoms with Crippen molar-refractivity contribution in [1.82, 2.24) is 4.90 Å². The number of halogens is 1. The van der Waals surface area contributed by atoms with Crippen LogP contribution in [-0.2, 0) is 0 Å². The first kappa shape index (κ1) is 16.2. The van der Waals surface area contributed by atoms with Crippen molar-refractivity contribution in [3.8, 4) is 11.8 Å². The van der Waals surface area contributed by atoms with Crippen LogP contribution in [0.2, 0.25) is 0 Å². The Morgan fingerprint density at radius 3 is 2.65 bits per heavy atom. The summed E-state index contributed by atoms with van der Waals surface area (Å²) in [4.78, 5) is 14.2. The third-order valence-corrected chi connectivity index (χ3v) is 3.61. The molecule has 3 nitrogen and oxygen atoms in total. The zero-order chi connectivity index (χ0) is 15.3. The summed E-state index contributed by atoms with van der Waals surface area (Å²) < 4.78 is 13.3. The highest BCUT2D eigenvalue weighted by Gasteiger charge is 2.27. The van der Waals surface area contributed by atoms with Crippen LogP contribution in [0, 0.1) is 17.7 Å². The molecule has 0 radical (unpaired) electrons. The number of hydrogen-bond donors (Lipinski definition) is 1. The van der Waals surface area contributed by atoms with Gasteiger partial charge in [0.15, 0.2) is 0 Å². The highest BCUT2D eigenvalue weighted by Crippen LogP contribution is 2.21. The van der Waals surface area contributed by atoms with Gasteiger partial charge in [-0.1, -0.05) is 18.8 Å². The number of nitrogens with two attached hydrogens (primary N) is 1. The van der Waals surface area contributed by atoms with E-state index in [1.807, 2.05) is 20.8 Å². The molecule has 4 heteroatoms. The van der Waals surface area contributed by atoms with Crippen LogP contribution in [0.15, 0.2) is 18.2 Å². The predicted molar refractivity (Wildman–Crippen MR) is 78.8 cm³/mol. The molecule has 0 saturated heterocycles. The Labute approximate surface area is 120 Å². The van der Waals surface area contributed by atoms with Gasteiger partial charge in [0, 0.05) is 18.2 Å². The van der Waals surface area contributed by atoms with Crippen molar-refractivity contribution in [1.29, 1.82) is 0 Å². The van der Waals surface area contributed by atoms with Crippen LogP contribution >= 0.6 is 0 Å². The Morgan fingerprint density at radius 2 is 2.10 bits per heavy atom. The van der Waals surface area contributed by atoms with Crippen molar-refractivity contribution in [3.05, 3.63) is 35.1 Å². The summed E-state index contributed by atoms with van der Waals surface area (Å²) in [5, 5.41) is 0. The molecule has 0 aliphatic rings. The number of rotatable bonds is 3. The van der Waals surface area contributed by atoms with Gasteiger partial charge in [0.05, 0.1) is 12.1 Å². The molecule has 1 aromatic carbocycles. The molecule has 0 aliphatic heterocycles. The van der Waals surface area contributed by atoms with Gasteiger partial charge in [-0.3, -0.25) is 4.79 Å². The van der Waals surface area contributed by atoms with E-state index in [0.717, 1.165) is 6.42 Å². The first-order valence-electron chi connectivity index (χ1n) is 6.60. The maximum atomic E-state index is 13.3. The van der Waals surface area contributed by atoms with Crippen LogP contribution in [0.25, 0.3) is 0 Å². The van der Waals surface area contributed by atoms with Crippen LogP contribution in [0.3, 0.4) is 0 Å². The van der Waals surface area contributed by atoms with Crippen LogP contribution < -0.4 is 5.73 Å². The smallest absolute Gasteiger partial charge is 0.255 e. The molecule has 0 fully saturated rings. The number of amides is 1. The van der Waals surface area contributed by atoms with E-state index in [-0.39, 0.29) is 18.0 Å². The Morgan fingerprint density at radius 1 is 1.45 bits per heavy atom. The van der Waals surface area contributed by atoms with Crippen molar-refractivity contribution in [2.24, 2.45) is 5.73 Å². The lowest BCUT2D eigenvalue weighted by Crippen LogP contribution is -2.44. The zero-order valence-electron chi connectivity index (χ0n) is 12.5. The fraction of sp³-hybridized carbons (Fsp3) is 0.438. The van der Waals surface area contributed by atoms with E-state index in [1.54, 1.807) is 11.9 Å². The second-order valence-corrected chi connectivity index (χ2v) is 5.23. The first-order chi connectivity index (χ1) is 9.33. The van der Waals surface area contributed by atoms with E-state index in [4.69, 9.17) is 5.73 Å². The van der Waals surface area contributed by atoms with E-state index >= 15 is 0 Å². The molecule has 1 rings (SSSR count). The largest absolute Gasteiger partial charge is 0.337 e. The topological polar surface area (TPSA) is 46.3 Å². The minimum Gasteiger partial charge on any atom is -0.337 e. The normalized spacial score (nSPS) is 10.7. The van der Waals surface area contributed by atoms with E-state index < -0.39 is 5.82 Å². The lowest BCUT2D eigenvalue weighted by molar-refractivity contribution is 0.0620. The molecular formula is C16H21FN2O. The van der Waals surface area contributed by atoms with Crippen LogP contribution in [0.4, 0.5) is 4.39 Å². The minimum absolute atomic E-state index is 0.167. The molecule has 0 atom stereocenters. The van der Waals surface area contributed by atoms with Crippen LogP contribution in [-0.4, -0.2) is 29.9 Å². The lowest BCUT2D eigenvalue weighted by atomic mass is 9.97. The molecule has 0 saturated carbocycles. The zero-order valence-corrected chi connectivity index (χ0v) is 12.5. The second kappa shape index (κ2) is 6.53. The summed E-state index contributed by atoms with van der Waals surface area (Å²) in [6.45, 7) is 6.16. The molecule has 0 unspecified atom stereocenters. The highest BCUT2D eigenvalue weighted by atomic mass is 19.1. The third kappa shape index (κ3) is 3.58. The van der Waals surface area contributed by atoms with Crippen LogP contribution in [0.5, 0.6) is 0 Å². The standard InChI is InChI=1S/C16H21FN2O/c1-5-16(2,3)19(4)15(20)14-9-8-13(17)11-12(14)7-6-10-18/h8-9,11H,5,10,18H2,1-4H3. The quantitative estimate of drug-likeness (QED) is 0.862. The fourth-order valence-electron chi connectivity index (χ4n) is 1.65. The van der Waals surface area contributed by atoms with Crippen LogP contribution in [0.1, 0.15) is 43.1 Å². The molecule has 0 heterocycles. The summed E-state index contributed by atoms with van der Waals surface area (Å²) in [5.41, 5.74) is 5.83. The molecule has 2 N–H and O–H groups in total. The predicted octanol–water partition coefficient (Wildman–Crippen LogP) is 2.40. The average Bonchev–Trinajstić information content (AvgIpc) is 2.43. The minimum atomic E-state index is -0.416. The number of nitrogens with zero attached hydrogens (tertiary/aromatic N) is 1. The van der Waals surface area contributed by atoms with Gasteiger partial charge in [0.2, 0.25) is 0 Å². The van der Waals surface area contributed by atoms with E-state index in [1.165, 1.54) is 18.2 Å². The van der Waals surface area contributed by atoms with E-state index in [9.17, 15) is 9.18 Å². The summed E-state index contributed by atoms with van der Waals surface area (Å²) in [5.74, 6) is 4.83. The molecule has 0 aromatic heterocycles. The first-order valence-corrected chi connectivity index (χ1v) is 6.60. The van der Waals surface area contributed by atoms with E-state index in [0.29, 0.717) is 11.1 Å². The molecule has 0 bridgehead atoms. The number of benzene rings is 1. The van der Waals surface area contributed by atoms with Gasteiger partial charge in [0.25, 0.3) is 5.91 Å². The summed E-state index contributed by atoms with van der Waals surface area (Å²) in [6.07, 6.45) is 0.820. The van der Waals surface area contributed by atoms with Gasteiger partial charge < -0.3 is 10.6 Å².